The summed E-state index contributed by atoms with van der Waals surface area (Å²) in [5.41, 5.74) is 1.73. The summed E-state index contributed by atoms with van der Waals surface area (Å²) in [6.45, 7) is 4.11. The molecule has 9 heteroatoms. The number of aryl methyl sites for hydroxylation is 1. The van der Waals surface area contributed by atoms with Gasteiger partial charge in [-0.3, -0.25) is 0 Å². The molecule has 136 valence electrons. The van der Waals surface area contributed by atoms with Gasteiger partial charge in [-0.15, -0.1) is 0 Å². The number of hydrogen-bond donors (Lipinski definition) is 1. The molecule has 0 aliphatic carbocycles. The molecule has 1 heterocycles. The van der Waals surface area contributed by atoms with E-state index in [1.807, 2.05) is 26.1 Å². The molecule has 0 aromatic heterocycles. The molecule has 0 unspecified atom stereocenters. The predicted octanol–water partition coefficient (Wildman–Crippen LogP) is -0.00838. The second-order valence-corrected chi connectivity index (χ2v) is 10.1. The SMILES string of the molecule is Cc1ccc(CS(=O)(=O)NCCS(=O)(=O)N2CCN(C)CC2)cc1. The van der Waals surface area contributed by atoms with Gasteiger partial charge >= 0.3 is 0 Å². The molecule has 0 spiro atoms. The van der Waals surface area contributed by atoms with Crippen molar-refractivity contribution < 1.29 is 16.8 Å². The van der Waals surface area contributed by atoms with Crippen molar-refractivity contribution in [2.45, 2.75) is 12.7 Å². The van der Waals surface area contributed by atoms with Crippen LogP contribution in [-0.4, -0.2) is 71.6 Å². The molecular formula is C15H25N3O4S2. The Kier molecular flexibility index (Phi) is 6.38. The fourth-order valence-corrected chi connectivity index (χ4v) is 5.09. The molecule has 0 saturated carbocycles. The van der Waals surface area contributed by atoms with Gasteiger partial charge in [0.2, 0.25) is 20.0 Å². The summed E-state index contributed by atoms with van der Waals surface area (Å²) in [5, 5.41) is 0. The first kappa shape index (κ1) is 19.3. The van der Waals surface area contributed by atoms with Crippen LogP contribution in [0.4, 0.5) is 0 Å². The van der Waals surface area contributed by atoms with E-state index in [1.165, 1.54) is 4.31 Å². The van der Waals surface area contributed by atoms with Crippen LogP contribution in [0.25, 0.3) is 0 Å². The second-order valence-electron chi connectivity index (χ2n) is 6.16. The second kappa shape index (κ2) is 7.92. The molecule has 1 fully saturated rings. The first-order valence-electron chi connectivity index (χ1n) is 7.87. The van der Waals surface area contributed by atoms with Crippen molar-refractivity contribution in [3.63, 3.8) is 0 Å². The Balaban J connectivity index is 1.84. The van der Waals surface area contributed by atoms with Crippen molar-refractivity contribution >= 4 is 20.0 Å². The molecule has 2 rings (SSSR count). The topological polar surface area (TPSA) is 86.8 Å². The van der Waals surface area contributed by atoms with Crippen LogP contribution < -0.4 is 4.72 Å². The minimum absolute atomic E-state index is 0.108. The van der Waals surface area contributed by atoms with Crippen LogP contribution in [0.2, 0.25) is 0 Å². The Bertz CT molecular complexity index is 737. The molecule has 1 aliphatic heterocycles. The highest BCUT2D eigenvalue weighted by Gasteiger charge is 2.25. The fourth-order valence-electron chi connectivity index (χ4n) is 2.48. The highest BCUT2D eigenvalue weighted by atomic mass is 32.2. The molecule has 0 amide bonds. The number of benzene rings is 1. The average molecular weight is 376 g/mol. The average Bonchev–Trinajstić information content (AvgIpc) is 2.49. The third kappa shape index (κ3) is 5.82. The van der Waals surface area contributed by atoms with E-state index in [-0.39, 0.29) is 18.1 Å². The smallest absolute Gasteiger partial charge is 0.215 e. The minimum Gasteiger partial charge on any atom is -0.304 e. The first-order valence-corrected chi connectivity index (χ1v) is 11.1. The van der Waals surface area contributed by atoms with E-state index >= 15 is 0 Å². The summed E-state index contributed by atoms with van der Waals surface area (Å²) in [7, 11) is -5.03. The fraction of sp³-hybridized carbons (Fsp3) is 0.600. The lowest BCUT2D eigenvalue weighted by Crippen LogP contribution is -2.48. The van der Waals surface area contributed by atoms with Gasteiger partial charge in [-0.2, -0.15) is 4.31 Å². The van der Waals surface area contributed by atoms with Crippen LogP contribution in [0, 0.1) is 6.92 Å². The Hall–Kier alpha value is -1.00. The van der Waals surface area contributed by atoms with Gasteiger partial charge in [-0.25, -0.2) is 21.6 Å². The maximum atomic E-state index is 12.2. The van der Waals surface area contributed by atoms with E-state index in [2.05, 4.69) is 9.62 Å². The number of piperazine rings is 1. The van der Waals surface area contributed by atoms with Crippen molar-refractivity contribution in [2.75, 3.05) is 45.5 Å². The van der Waals surface area contributed by atoms with Gasteiger partial charge in [0.05, 0.1) is 11.5 Å². The van der Waals surface area contributed by atoms with E-state index < -0.39 is 20.0 Å². The van der Waals surface area contributed by atoms with E-state index in [1.54, 1.807) is 12.1 Å². The quantitative estimate of drug-likeness (QED) is 0.724. The van der Waals surface area contributed by atoms with Crippen LogP contribution in [0.1, 0.15) is 11.1 Å². The van der Waals surface area contributed by atoms with Gasteiger partial charge in [0.1, 0.15) is 0 Å². The van der Waals surface area contributed by atoms with Crippen molar-refractivity contribution in [3.8, 4) is 0 Å². The zero-order valence-electron chi connectivity index (χ0n) is 14.1. The van der Waals surface area contributed by atoms with E-state index in [0.29, 0.717) is 31.7 Å². The van der Waals surface area contributed by atoms with Crippen molar-refractivity contribution in [2.24, 2.45) is 0 Å². The number of nitrogens with zero attached hydrogens (tertiary/aromatic N) is 2. The number of nitrogens with one attached hydrogen (secondary N) is 1. The van der Waals surface area contributed by atoms with Gasteiger partial charge in [0.25, 0.3) is 0 Å². The van der Waals surface area contributed by atoms with Gasteiger partial charge in [0, 0.05) is 32.7 Å². The molecule has 1 N–H and O–H groups in total. The predicted molar refractivity (Wildman–Crippen MR) is 94.7 cm³/mol. The first-order chi connectivity index (χ1) is 11.2. The summed E-state index contributed by atoms with van der Waals surface area (Å²) in [5.74, 6) is -0.369. The normalized spacial score (nSPS) is 17.9. The maximum absolute atomic E-state index is 12.2. The van der Waals surface area contributed by atoms with Crippen LogP contribution in [0.5, 0.6) is 0 Å². The highest BCUT2D eigenvalue weighted by molar-refractivity contribution is 7.89. The molecule has 1 aromatic carbocycles. The van der Waals surface area contributed by atoms with E-state index in [9.17, 15) is 16.8 Å². The van der Waals surface area contributed by atoms with Crippen LogP contribution in [0.3, 0.4) is 0 Å². The third-order valence-corrected chi connectivity index (χ3v) is 7.24. The molecule has 0 radical (unpaired) electrons. The summed E-state index contributed by atoms with van der Waals surface area (Å²) in [6, 6.07) is 7.22. The lowest BCUT2D eigenvalue weighted by Gasteiger charge is -2.31. The minimum atomic E-state index is -3.55. The Labute approximate surface area is 144 Å². The van der Waals surface area contributed by atoms with Crippen LogP contribution in [0.15, 0.2) is 24.3 Å². The number of hydrogen-bond acceptors (Lipinski definition) is 5. The van der Waals surface area contributed by atoms with Gasteiger partial charge in [0.15, 0.2) is 0 Å². The van der Waals surface area contributed by atoms with E-state index in [0.717, 1.165) is 5.56 Å². The zero-order chi connectivity index (χ0) is 17.8. The molecule has 24 heavy (non-hydrogen) atoms. The van der Waals surface area contributed by atoms with Crippen molar-refractivity contribution in [3.05, 3.63) is 35.4 Å². The molecule has 1 aliphatic rings. The summed E-state index contributed by atoms with van der Waals surface area (Å²) >= 11 is 0. The van der Waals surface area contributed by atoms with Crippen LogP contribution >= 0.6 is 0 Å². The molecule has 1 aromatic rings. The molecule has 7 nitrogen and oxygen atoms in total. The van der Waals surface area contributed by atoms with Gasteiger partial charge < -0.3 is 4.90 Å². The van der Waals surface area contributed by atoms with Gasteiger partial charge in [-0.05, 0) is 19.5 Å². The molecular weight excluding hydrogens is 350 g/mol. The van der Waals surface area contributed by atoms with Crippen molar-refractivity contribution in [1.82, 2.24) is 13.9 Å². The highest BCUT2D eigenvalue weighted by Crippen LogP contribution is 2.08. The lowest BCUT2D eigenvalue weighted by atomic mass is 10.2. The monoisotopic (exact) mass is 375 g/mol. The number of rotatable bonds is 7. The van der Waals surface area contributed by atoms with Crippen molar-refractivity contribution in [1.29, 1.82) is 0 Å². The Morgan fingerprint density at radius 3 is 2.17 bits per heavy atom. The summed E-state index contributed by atoms with van der Waals surface area (Å²) < 4.78 is 52.4. The van der Waals surface area contributed by atoms with Gasteiger partial charge in [-0.1, -0.05) is 29.8 Å². The standard InChI is InChI=1S/C15H25N3O4S2/c1-14-3-5-15(6-4-14)13-23(19,20)16-7-12-24(21,22)18-10-8-17(2)9-11-18/h3-6,16H,7-13H2,1-2H3. The Morgan fingerprint density at radius 2 is 1.58 bits per heavy atom. The zero-order valence-corrected chi connectivity index (χ0v) is 15.7. The molecule has 0 bridgehead atoms. The molecule has 0 atom stereocenters. The summed E-state index contributed by atoms with van der Waals surface area (Å²) in [6.07, 6.45) is 0. The largest absolute Gasteiger partial charge is 0.304 e. The molecule has 1 saturated heterocycles. The number of sulfonamides is 2. The van der Waals surface area contributed by atoms with Crippen LogP contribution in [-0.2, 0) is 25.8 Å². The maximum Gasteiger partial charge on any atom is 0.215 e. The number of likely N-dealkylation sites (N-methyl/N-ethyl adjacent to an activating group) is 1. The third-order valence-electron chi connectivity index (χ3n) is 4.01. The summed E-state index contributed by atoms with van der Waals surface area (Å²) in [4.78, 5) is 2.07. The van der Waals surface area contributed by atoms with E-state index in [4.69, 9.17) is 0 Å². The lowest BCUT2D eigenvalue weighted by molar-refractivity contribution is 0.222. The Morgan fingerprint density at radius 1 is 1.00 bits per heavy atom.